The van der Waals surface area contributed by atoms with Gasteiger partial charge in [-0.2, -0.15) is 5.10 Å². The van der Waals surface area contributed by atoms with Gasteiger partial charge in [0.05, 0.1) is 17.6 Å². The first-order chi connectivity index (χ1) is 13.0. The molecule has 0 radical (unpaired) electrons. The van der Waals surface area contributed by atoms with E-state index in [4.69, 9.17) is 0 Å². The second-order valence-corrected chi connectivity index (χ2v) is 7.02. The SMILES string of the molecule is Cc1cc(/C=N\NC(=O)Cc2cccs2)c(C)n1-c1ccc([N+](=O)[O-])cc1. The first-order valence-electron chi connectivity index (χ1n) is 8.24. The highest BCUT2D eigenvalue weighted by atomic mass is 32.1. The standard InChI is InChI=1S/C19H18N4O3S/c1-13-10-15(12-20-21-19(24)11-18-4-3-9-27-18)14(2)22(13)16-5-7-17(8-6-16)23(25)26/h3-10,12H,11H2,1-2H3,(H,21,24)/b20-12-. The van der Waals surface area contributed by atoms with E-state index in [-0.39, 0.29) is 11.6 Å². The van der Waals surface area contributed by atoms with E-state index in [2.05, 4.69) is 10.5 Å². The minimum atomic E-state index is -0.421. The predicted octanol–water partition coefficient (Wildman–Crippen LogP) is 3.76. The van der Waals surface area contributed by atoms with Crippen LogP contribution in [0.5, 0.6) is 0 Å². The van der Waals surface area contributed by atoms with E-state index in [1.54, 1.807) is 18.3 Å². The van der Waals surface area contributed by atoms with Crippen LogP contribution in [0, 0.1) is 24.0 Å². The molecule has 0 atom stereocenters. The van der Waals surface area contributed by atoms with Crippen molar-refractivity contribution in [2.75, 3.05) is 0 Å². The molecule has 2 aromatic heterocycles. The van der Waals surface area contributed by atoms with Gasteiger partial charge in [0.15, 0.2) is 0 Å². The Morgan fingerprint density at radius 2 is 2.04 bits per heavy atom. The zero-order valence-corrected chi connectivity index (χ0v) is 15.7. The maximum Gasteiger partial charge on any atom is 0.269 e. The molecule has 1 N–H and O–H groups in total. The molecule has 27 heavy (non-hydrogen) atoms. The number of nitrogens with one attached hydrogen (secondary N) is 1. The molecule has 0 spiro atoms. The number of nitro benzene ring substituents is 1. The van der Waals surface area contributed by atoms with Gasteiger partial charge in [0.1, 0.15) is 0 Å². The van der Waals surface area contributed by atoms with E-state index in [1.165, 1.54) is 23.5 Å². The number of rotatable bonds is 6. The molecule has 0 aliphatic heterocycles. The number of hydrogen-bond acceptors (Lipinski definition) is 5. The largest absolute Gasteiger partial charge is 0.318 e. The monoisotopic (exact) mass is 382 g/mol. The first-order valence-corrected chi connectivity index (χ1v) is 9.11. The summed E-state index contributed by atoms with van der Waals surface area (Å²) in [5.41, 5.74) is 6.18. The fourth-order valence-electron chi connectivity index (χ4n) is 2.82. The van der Waals surface area contributed by atoms with Crippen LogP contribution in [0.4, 0.5) is 5.69 Å². The van der Waals surface area contributed by atoms with Crippen molar-refractivity contribution in [1.82, 2.24) is 9.99 Å². The van der Waals surface area contributed by atoms with Crippen molar-refractivity contribution in [2.24, 2.45) is 5.10 Å². The molecule has 138 valence electrons. The molecule has 0 unspecified atom stereocenters. The Hall–Kier alpha value is -3.26. The van der Waals surface area contributed by atoms with Crippen molar-refractivity contribution in [3.8, 4) is 5.69 Å². The van der Waals surface area contributed by atoms with E-state index in [9.17, 15) is 14.9 Å². The van der Waals surface area contributed by atoms with Gasteiger partial charge in [-0.25, -0.2) is 5.43 Å². The number of hydrazone groups is 1. The summed E-state index contributed by atoms with van der Waals surface area (Å²) in [5, 5.41) is 16.8. The van der Waals surface area contributed by atoms with Gasteiger partial charge in [0.2, 0.25) is 5.91 Å². The van der Waals surface area contributed by atoms with Crippen LogP contribution in [0.3, 0.4) is 0 Å². The molecule has 8 heteroatoms. The van der Waals surface area contributed by atoms with Crippen molar-refractivity contribution in [3.05, 3.63) is 79.8 Å². The Morgan fingerprint density at radius 1 is 1.30 bits per heavy atom. The Kier molecular flexibility index (Phi) is 5.46. The topological polar surface area (TPSA) is 89.5 Å². The highest BCUT2D eigenvalue weighted by molar-refractivity contribution is 7.10. The lowest BCUT2D eigenvalue weighted by molar-refractivity contribution is -0.384. The van der Waals surface area contributed by atoms with Gasteiger partial charge >= 0.3 is 0 Å². The minimum Gasteiger partial charge on any atom is -0.318 e. The highest BCUT2D eigenvalue weighted by Crippen LogP contribution is 2.22. The molecule has 3 aromatic rings. The van der Waals surface area contributed by atoms with Gasteiger partial charge in [0.25, 0.3) is 5.69 Å². The van der Waals surface area contributed by atoms with E-state index in [0.29, 0.717) is 6.42 Å². The zero-order chi connectivity index (χ0) is 19.4. The average Bonchev–Trinajstić information content (AvgIpc) is 3.23. The number of amides is 1. The number of hydrogen-bond donors (Lipinski definition) is 1. The molecule has 0 saturated heterocycles. The number of benzene rings is 1. The molecule has 3 rings (SSSR count). The number of carbonyl (C=O) groups is 1. The number of nitro groups is 1. The highest BCUT2D eigenvalue weighted by Gasteiger charge is 2.11. The molecule has 1 aromatic carbocycles. The fraction of sp³-hybridized carbons (Fsp3) is 0.158. The fourth-order valence-corrected chi connectivity index (χ4v) is 3.53. The quantitative estimate of drug-likeness (QED) is 0.400. The zero-order valence-electron chi connectivity index (χ0n) is 14.9. The smallest absolute Gasteiger partial charge is 0.269 e. The van der Waals surface area contributed by atoms with Gasteiger partial charge < -0.3 is 4.57 Å². The van der Waals surface area contributed by atoms with Crippen LogP contribution >= 0.6 is 11.3 Å². The van der Waals surface area contributed by atoms with Crippen LogP contribution in [0.2, 0.25) is 0 Å². The first kappa shape index (κ1) is 18.5. The number of carbonyl (C=O) groups excluding carboxylic acids is 1. The maximum atomic E-state index is 11.9. The molecular weight excluding hydrogens is 364 g/mol. The van der Waals surface area contributed by atoms with Gasteiger partial charge in [-0.05, 0) is 43.5 Å². The molecule has 2 heterocycles. The number of thiophene rings is 1. The number of nitrogens with zero attached hydrogens (tertiary/aromatic N) is 3. The summed E-state index contributed by atoms with van der Waals surface area (Å²) in [4.78, 5) is 23.3. The normalized spacial score (nSPS) is 11.0. The molecule has 0 fully saturated rings. The van der Waals surface area contributed by atoms with Crippen molar-refractivity contribution < 1.29 is 9.72 Å². The summed E-state index contributed by atoms with van der Waals surface area (Å²) < 4.78 is 1.98. The molecule has 1 amide bonds. The Morgan fingerprint density at radius 3 is 2.67 bits per heavy atom. The van der Waals surface area contributed by atoms with Crippen molar-refractivity contribution in [2.45, 2.75) is 20.3 Å². The molecule has 0 aliphatic carbocycles. The summed E-state index contributed by atoms with van der Waals surface area (Å²) in [6.07, 6.45) is 1.91. The molecular formula is C19H18N4O3S. The van der Waals surface area contributed by atoms with E-state index in [0.717, 1.165) is 27.5 Å². The average molecular weight is 382 g/mol. The van der Waals surface area contributed by atoms with Crippen LogP contribution in [-0.4, -0.2) is 21.6 Å². The van der Waals surface area contributed by atoms with Gasteiger partial charge in [0, 0.05) is 39.6 Å². The van der Waals surface area contributed by atoms with E-state index >= 15 is 0 Å². The van der Waals surface area contributed by atoms with Crippen LogP contribution in [0.15, 0.2) is 52.9 Å². The summed E-state index contributed by atoms with van der Waals surface area (Å²) in [6, 6.07) is 12.1. The third-order valence-electron chi connectivity index (χ3n) is 4.10. The molecule has 7 nitrogen and oxygen atoms in total. The summed E-state index contributed by atoms with van der Waals surface area (Å²) in [5.74, 6) is -0.169. The van der Waals surface area contributed by atoms with Gasteiger partial charge in [-0.15, -0.1) is 11.3 Å². The second-order valence-electron chi connectivity index (χ2n) is 5.98. The maximum absolute atomic E-state index is 11.9. The minimum absolute atomic E-state index is 0.0523. The van der Waals surface area contributed by atoms with E-state index in [1.807, 2.05) is 42.0 Å². The van der Waals surface area contributed by atoms with Crippen molar-refractivity contribution >= 4 is 29.1 Å². The number of aryl methyl sites for hydroxylation is 1. The molecule has 0 aliphatic rings. The third kappa shape index (κ3) is 4.29. The Balaban J connectivity index is 1.73. The van der Waals surface area contributed by atoms with Crippen molar-refractivity contribution in [3.63, 3.8) is 0 Å². The lowest BCUT2D eigenvalue weighted by Gasteiger charge is -2.09. The van der Waals surface area contributed by atoms with Crippen LogP contribution in [-0.2, 0) is 11.2 Å². The Labute approximate surface area is 160 Å². The third-order valence-corrected chi connectivity index (χ3v) is 4.97. The van der Waals surface area contributed by atoms with Crippen LogP contribution in [0.1, 0.15) is 21.8 Å². The Bertz CT molecular complexity index is 989. The number of non-ortho nitro benzene ring substituents is 1. The van der Waals surface area contributed by atoms with E-state index < -0.39 is 4.92 Å². The van der Waals surface area contributed by atoms with Crippen LogP contribution in [0.25, 0.3) is 5.69 Å². The lowest BCUT2D eigenvalue weighted by Crippen LogP contribution is -2.19. The van der Waals surface area contributed by atoms with Crippen LogP contribution < -0.4 is 5.43 Å². The molecule has 0 saturated carbocycles. The lowest BCUT2D eigenvalue weighted by atomic mass is 10.2. The second kappa shape index (κ2) is 7.96. The number of aromatic nitrogens is 1. The van der Waals surface area contributed by atoms with Gasteiger partial charge in [-0.1, -0.05) is 6.07 Å². The predicted molar refractivity (Wildman–Crippen MR) is 106 cm³/mol. The van der Waals surface area contributed by atoms with Crippen molar-refractivity contribution in [1.29, 1.82) is 0 Å². The molecule has 0 bridgehead atoms. The summed E-state index contributed by atoms with van der Waals surface area (Å²) in [7, 11) is 0. The van der Waals surface area contributed by atoms with Gasteiger partial charge in [-0.3, -0.25) is 14.9 Å². The summed E-state index contributed by atoms with van der Waals surface area (Å²) >= 11 is 1.53. The summed E-state index contributed by atoms with van der Waals surface area (Å²) in [6.45, 7) is 3.88.